The van der Waals surface area contributed by atoms with Crippen molar-refractivity contribution < 1.29 is 9.50 Å². The molecule has 0 aliphatic carbocycles. The van der Waals surface area contributed by atoms with Crippen LogP contribution in [0.15, 0.2) is 30.3 Å². The second-order valence-corrected chi connectivity index (χ2v) is 3.11. The summed E-state index contributed by atoms with van der Waals surface area (Å²) >= 11 is 0. The van der Waals surface area contributed by atoms with Crippen LogP contribution in [0.2, 0.25) is 0 Å². The predicted molar refractivity (Wildman–Crippen MR) is 52.5 cm³/mol. The molecule has 0 aliphatic heterocycles. The first-order chi connectivity index (χ1) is 6.79. The summed E-state index contributed by atoms with van der Waals surface area (Å²) < 4.78 is 12.8. The standard InChI is InChI=1S/C11H10FNO/c12-9-2-4-11-8(7-9)1-3-10(13-11)5-6-14/h1-4,7,14H,5-6H2. The number of fused-ring (bicyclic) bond motifs is 1. The molecule has 0 fully saturated rings. The predicted octanol–water partition coefficient (Wildman–Crippen LogP) is 1.91. The van der Waals surface area contributed by atoms with Gasteiger partial charge in [-0.3, -0.25) is 4.98 Å². The summed E-state index contributed by atoms with van der Waals surface area (Å²) in [5.41, 5.74) is 1.59. The van der Waals surface area contributed by atoms with Crippen LogP contribution in [0.5, 0.6) is 0 Å². The van der Waals surface area contributed by atoms with Crippen LogP contribution in [0.1, 0.15) is 5.69 Å². The molecule has 1 N–H and O–H groups in total. The molecule has 2 rings (SSSR count). The first-order valence-corrected chi connectivity index (χ1v) is 4.45. The highest BCUT2D eigenvalue weighted by Crippen LogP contribution is 2.14. The minimum atomic E-state index is -0.255. The molecule has 72 valence electrons. The molecule has 0 atom stereocenters. The molecular formula is C11H10FNO. The Morgan fingerprint density at radius 2 is 2.07 bits per heavy atom. The Kier molecular flexibility index (Phi) is 2.41. The third-order valence-electron chi connectivity index (χ3n) is 2.08. The van der Waals surface area contributed by atoms with Crippen molar-refractivity contribution in [2.24, 2.45) is 0 Å². The number of halogens is 1. The molecule has 14 heavy (non-hydrogen) atoms. The second-order valence-electron chi connectivity index (χ2n) is 3.11. The van der Waals surface area contributed by atoms with Crippen molar-refractivity contribution in [2.45, 2.75) is 6.42 Å². The molecule has 0 radical (unpaired) electrons. The minimum Gasteiger partial charge on any atom is -0.396 e. The van der Waals surface area contributed by atoms with Crippen LogP contribution in [0.4, 0.5) is 4.39 Å². The van der Waals surface area contributed by atoms with E-state index in [-0.39, 0.29) is 12.4 Å². The smallest absolute Gasteiger partial charge is 0.123 e. The van der Waals surface area contributed by atoms with Gasteiger partial charge in [0.15, 0.2) is 0 Å². The highest BCUT2D eigenvalue weighted by Gasteiger charge is 1.99. The summed E-state index contributed by atoms with van der Waals surface area (Å²) in [6.07, 6.45) is 0.535. The molecule has 2 aromatic rings. The van der Waals surface area contributed by atoms with Crippen LogP contribution in [-0.4, -0.2) is 16.7 Å². The first kappa shape index (κ1) is 9.09. The lowest BCUT2D eigenvalue weighted by Crippen LogP contribution is -1.94. The van der Waals surface area contributed by atoms with E-state index in [4.69, 9.17) is 5.11 Å². The molecule has 0 spiro atoms. The molecule has 1 heterocycles. The fraction of sp³-hybridized carbons (Fsp3) is 0.182. The molecule has 0 aliphatic rings. The number of hydrogen-bond donors (Lipinski definition) is 1. The van der Waals surface area contributed by atoms with Crippen LogP contribution in [-0.2, 0) is 6.42 Å². The molecule has 0 amide bonds. The van der Waals surface area contributed by atoms with Crippen LogP contribution >= 0.6 is 0 Å². The van der Waals surface area contributed by atoms with E-state index in [2.05, 4.69) is 4.98 Å². The second kappa shape index (κ2) is 3.72. The van der Waals surface area contributed by atoms with Gasteiger partial charge in [0.1, 0.15) is 5.82 Å². The average molecular weight is 191 g/mol. The number of aliphatic hydroxyl groups is 1. The third-order valence-corrected chi connectivity index (χ3v) is 2.08. The molecule has 2 nitrogen and oxygen atoms in total. The van der Waals surface area contributed by atoms with Gasteiger partial charge >= 0.3 is 0 Å². The maximum atomic E-state index is 12.8. The lowest BCUT2D eigenvalue weighted by atomic mass is 10.2. The molecule has 0 unspecified atom stereocenters. The SMILES string of the molecule is OCCc1ccc2cc(F)ccc2n1. The van der Waals surface area contributed by atoms with Gasteiger partial charge in [0, 0.05) is 24.1 Å². The summed E-state index contributed by atoms with van der Waals surface area (Å²) in [5.74, 6) is -0.255. The normalized spacial score (nSPS) is 10.7. The molecule has 1 aromatic carbocycles. The zero-order valence-corrected chi connectivity index (χ0v) is 7.57. The Balaban J connectivity index is 2.50. The topological polar surface area (TPSA) is 33.1 Å². The molecular weight excluding hydrogens is 181 g/mol. The lowest BCUT2D eigenvalue weighted by molar-refractivity contribution is 0.298. The van der Waals surface area contributed by atoms with Crippen LogP contribution < -0.4 is 0 Å². The number of rotatable bonds is 2. The zero-order valence-electron chi connectivity index (χ0n) is 7.57. The van der Waals surface area contributed by atoms with E-state index in [0.29, 0.717) is 6.42 Å². The van der Waals surface area contributed by atoms with Crippen molar-refractivity contribution in [3.8, 4) is 0 Å². The van der Waals surface area contributed by atoms with E-state index in [1.165, 1.54) is 12.1 Å². The van der Waals surface area contributed by atoms with Crippen molar-refractivity contribution >= 4 is 10.9 Å². The maximum absolute atomic E-state index is 12.8. The summed E-state index contributed by atoms with van der Waals surface area (Å²) in [7, 11) is 0. The number of benzene rings is 1. The molecule has 0 saturated carbocycles. The van der Waals surface area contributed by atoms with Gasteiger partial charge in [-0.15, -0.1) is 0 Å². The highest BCUT2D eigenvalue weighted by molar-refractivity contribution is 5.78. The van der Waals surface area contributed by atoms with E-state index < -0.39 is 0 Å². The molecule has 1 aromatic heterocycles. The van der Waals surface area contributed by atoms with Crippen molar-refractivity contribution in [2.75, 3.05) is 6.61 Å². The Labute approximate surface area is 81.0 Å². The monoisotopic (exact) mass is 191 g/mol. The fourth-order valence-corrected chi connectivity index (χ4v) is 1.39. The lowest BCUT2D eigenvalue weighted by Gasteiger charge is -2.00. The zero-order chi connectivity index (χ0) is 9.97. The molecule has 0 bridgehead atoms. The van der Waals surface area contributed by atoms with E-state index >= 15 is 0 Å². The highest BCUT2D eigenvalue weighted by atomic mass is 19.1. The fourth-order valence-electron chi connectivity index (χ4n) is 1.39. The number of nitrogens with zero attached hydrogens (tertiary/aromatic N) is 1. The Hall–Kier alpha value is -1.48. The number of aliphatic hydroxyl groups excluding tert-OH is 1. The largest absolute Gasteiger partial charge is 0.396 e. The summed E-state index contributed by atoms with van der Waals surface area (Å²) in [6.45, 7) is 0.0830. The van der Waals surface area contributed by atoms with Gasteiger partial charge in [0.05, 0.1) is 5.52 Å². The third kappa shape index (κ3) is 1.72. The van der Waals surface area contributed by atoms with E-state index in [0.717, 1.165) is 16.6 Å². The summed E-state index contributed by atoms with van der Waals surface area (Å²) in [6, 6.07) is 8.10. The van der Waals surface area contributed by atoms with Gasteiger partial charge in [-0.05, 0) is 24.3 Å². The minimum absolute atomic E-state index is 0.0830. The van der Waals surface area contributed by atoms with Crippen LogP contribution in [0.25, 0.3) is 10.9 Å². The van der Waals surface area contributed by atoms with Gasteiger partial charge in [0.2, 0.25) is 0 Å². The molecule has 0 saturated heterocycles. The van der Waals surface area contributed by atoms with E-state index in [1.807, 2.05) is 6.07 Å². The van der Waals surface area contributed by atoms with Crippen molar-refractivity contribution in [3.63, 3.8) is 0 Å². The van der Waals surface area contributed by atoms with Gasteiger partial charge < -0.3 is 5.11 Å². The Bertz CT molecular complexity index is 456. The van der Waals surface area contributed by atoms with Gasteiger partial charge in [-0.2, -0.15) is 0 Å². The quantitative estimate of drug-likeness (QED) is 0.786. The van der Waals surface area contributed by atoms with Gasteiger partial charge in [0.25, 0.3) is 0 Å². The van der Waals surface area contributed by atoms with Gasteiger partial charge in [-0.25, -0.2) is 4.39 Å². The maximum Gasteiger partial charge on any atom is 0.123 e. The summed E-state index contributed by atoms with van der Waals surface area (Å²) in [4.78, 5) is 4.28. The summed E-state index contributed by atoms with van der Waals surface area (Å²) in [5, 5.41) is 9.52. The first-order valence-electron chi connectivity index (χ1n) is 4.45. The number of aromatic nitrogens is 1. The van der Waals surface area contributed by atoms with Crippen LogP contribution in [0.3, 0.4) is 0 Å². The van der Waals surface area contributed by atoms with Gasteiger partial charge in [-0.1, -0.05) is 6.07 Å². The van der Waals surface area contributed by atoms with Crippen molar-refractivity contribution in [1.29, 1.82) is 0 Å². The van der Waals surface area contributed by atoms with E-state index in [1.54, 1.807) is 12.1 Å². The Morgan fingerprint density at radius 3 is 2.86 bits per heavy atom. The van der Waals surface area contributed by atoms with Crippen molar-refractivity contribution in [1.82, 2.24) is 4.98 Å². The van der Waals surface area contributed by atoms with E-state index in [9.17, 15) is 4.39 Å². The number of pyridine rings is 1. The molecule has 3 heteroatoms. The average Bonchev–Trinajstić information content (AvgIpc) is 2.19. The van der Waals surface area contributed by atoms with Crippen molar-refractivity contribution in [3.05, 3.63) is 41.8 Å². The van der Waals surface area contributed by atoms with Crippen LogP contribution in [0, 0.1) is 5.82 Å². The Morgan fingerprint density at radius 1 is 1.21 bits per heavy atom. The number of hydrogen-bond acceptors (Lipinski definition) is 2.